The van der Waals surface area contributed by atoms with Crippen LogP contribution in [-0.4, -0.2) is 12.5 Å². The number of amides is 1. The molecule has 0 spiro atoms. The van der Waals surface area contributed by atoms with Crippen molar-refractivity contribution in [3.05, 3.63) is 69.7 Å². The van der Waals surface area contributed by atoms with E-state index in [1.807, 2.05) is 24.3 Å². The van der Waals surface area contributed by atoms with Gasteiger partial charge in [-0.1, -0.05) is 36.7 Å². The van der Waals surface area contributed by atoms with Crippen LogP contribution in [0.25, 0.3) is 0 Å². The zero-order chi connectivity index (χ0) is 19.2. The molecule has 0 radical (unpaired) electrons. The van der Waals surface area contributed by atoms with E-state index in [4.69, 9.17) is 11.6 Å². The highest BCUT2D eigenvalue weighted by atomic mass is 35.5. The SMILES string of the molecule is Cc1cc(C#N)ccc1[C@@H]1CC[C@@]2(C)C(=O)NC[C@H]2[C@H]1c1ccc(Cl)cc1. The number of carbonyl (C=O) groups excluding carboxylic acids is 1. The number of hydrogen-bond donors (Lipinski definition) is 1. The van der Waals surface area contributed by atoms with Gasteiger partial charge in [0.2, 0.25) is 5.91 Å². The molecule has 1 amide bonds. The first kappa shape index (κ1) is 18.1. The Morgan fingerprint density at radius 1 is 1.22 bits per heavy atom. The van der Waals surface area contributed by atoms with Crippen molar-refractivity contribution in [3.63, 3.8) is 0 Å². The highest BCUT2D eigenvalue weighted by Crippen LogP contribution is 2.57. The van der Waals surface area contributed by atoms with Crippen LogP contribution in [0.4, 0.5) is 0 Å². The molecule has 0 bridgehead atoms. The lowest BCUT2D eigenvalue weighted by molar-refractivity contribution is -0.129. The molecule has 2 fully saturated rings. The minimum atomic E-state index is -0.318. The van der Waals surface area contributed by atoms with Crippen molar-refractivity contribution in [2.75, 3.05) is 6.54 Å². The van der Waals surface area contributed by atoms with Crippen molar-refractivity contribution in [1.29, 1.82) is 5.26 Å². The van der Waals surface area contributed by atoms with Crippen molar-refractivity contribution < 1.29 is 4.79 Å². The molecule has 4 heteroatoms. The second-order valence-electron chi connectivity index (χ2n) is 8.14. The smallest absolute Gasteiger partial charge is 0.226 e. The molecule has 1 aliphatic heterocycles. The molecule has 2 aromatic rings. The van der Waals surface area contributed by atoms with Gasteiger partial charge in [-0.25, -0.2) is 0 Å². The van der Waals surface area contributed by atoms with Gasteiger partial charge in [-0.05, 0) is 78.5 Å². The summed E-state index contributed by atoms with van der Waals surface area (Å²) in [6, 6.07) is 16.3. The summed E-state index contributed by atoms with van der Waals surface area (Å²) in [5.41, 5.74) is 4.05. The fourth-order valence-corrected chi connectivity index (χ4v) is 5.32. The van der Waals surface area contributed by atoms with Crippen molar-refractivity contribution in [2.45, 2.75) is 38.5 Å². The topological polar surface area (TPSA) is 52.9 Å². The predicted octanol–water partition coefficient (Wildman–Crippen LogP) is 4.93. The number of halogens is 1. The summed E-state index contributed by atoms with van der Waals surface area (Å²) in [7, 11) is 0. The summed E-state index contributed by atoms with van der Waals surface area (Å²) in [5.74, 6) is 0.998. The monoisotopic (exact) mass is 378 g/mol. The van der Waals surface area contributed by atoms with E-state index in [0.717, 1.165) is 23.4 Å². The quantitative estimate of drug-likeness (QED) is 0.805. The minimum absolute atomic E-state index is 0.182. The van der Waals surface area contributed by atoms with Crippen molar-refractivity contribution >= 4 is 17.5 Å². The number of aryl methyl sites for hydroxylation is 1. The Kier molecular flexibility index (Phi) is 4.48. The summed E-state index contributed by atoms with van der Waals surface area (Å²) in [6.07, 6.45) is 1.85. The molecule has 1 N–H and O–H groups in total. The normalized spacial score (nSPS) is 29.7. The first-order valence-electron chi connectivity index (χ1n) is 9.48. The van der Waals surface area contributed by atoms with Crippen LogP contribution in [0.5, 0.6) is 0 Å². The Hall–Kier alpha value is -2.31. The zero-order valence-corrected chi connectivity index (χ0v) is 16.4. The van der Waals surface area contributed by atoms with Crippen molar-refractivity contribution in [1.82, 2.24) is 5.32 Å². The molecule has 4 rings (SSSR count). The van der Waals surface area contributed by atoms with Gasteiger partial charge in [0.1, 0.15) is 0 Å². The van der Waals surface area contributed by atoms with Gasteiger partial charge < -0.3 is 5.32 Å². The van der Waals surface area contributed by atoms with E-state index in [0.29, 0.717) is 18.0 Å². The van der Waals surface area contributed by atoms with E-state index in [1.165, 1.54) is 11.1 Å². The number of nitrogens with one attached hydrogen (secondary N) is 1. The molecule has 1 heterocycles. The Balaban J connectivity index is 1.82. The van der Waals surface area contributed by atoms with E-state index in [9.17, 15) is 10.1 Å². The maximum Gasteiger partial charge on any atom is 0.226 e. The second-order valence-corrected chi connectivity index (χ2v) is 8.58. The zero-order valence-electron chi connectivity index (χ0n) is 15.6. The third-order valence-electron chi connectivity index (χ3n) is 6.71. The van der Waals surface area contributed by atoms with Gasteiger partial charge in [-0.15, -0.1) is 0 Å². The van der Waals surface area contributed by atoms with Crippen LogP contribution < -0.4 is 5.32 Å². The van der Waals surface area contributed by atoms with Crippen LogP contribution in [0, 0.1) is 29.6 Å². The molecule has 3 nitrogen and oxygen atoms in total. The number of nitriles is 1. The maximum absolute atomic E-state index is 12.6. The first-order valence-corrected chi connectivity index (χ1v) is 9.86. The predicted molar refractivity (Wildman–Crippen MR) is 107 cm³/mol. The van der Waals surface area contributed by atoms with Gasteiger partial charge >= 0.3 is 0 Å². The molecule has 27 heavy (non-hydrogen) atoms. The van der Waals surface area contributed by atoms with E-state index < -0.39 is 0 Å². The third-order valence-corrected chi connectivity index (χ3v) is 6.97. The minimum Gasteiger partial charge on any atom is -0.355 e. The molecular formula is C23H23ClN2O. The molecule has 0 aromatic heterocycles. The third kappa shape index (κ3) is 2.93. The van der Waals surface area contributed by atoms with Gasteiger partial charge in [-0.3, -0.25) is 4.79 Å². The van der Waals surface area contributed by atoms with Crippen LogP contribution >= 0.6 is 11.6 Å². The maximum atomic E-state index is 12.6. The lowest BCUT2D eigenvalue weighted by Gasteiger charge is -2.45. The lowest BCUT2D eigenvalue weighted by atomic mass is 9.57. The molecule has 2 aliphatic rings. The van der Waals surface area contributed by atoms with E-state index in [-0.39, 0.29) is 23.2 Å². The van der Waals surface area contributed by atoms with Gasteiger partial charge in [0.15, 0.2) is 0 Å². The molecule has 1 saturated carbocycles. The molecule has 1 aliphatic carbocycles. The Morgan fingerprint density at radius 2 is 1.96 bits per heavy atom. The van der Waals surface area contributed by atoms with Crippen LogP contribution in [0.15, 0.2) is 42.5 Å². The van der Waals surface area contributed by atoms with Crippen molar-refractivity contribution in [3.8, 4) is 6.07 Å². The number of benzene rings is 2. The Bertz CT molecular complexity index is 930. The number of rotatable bonds is 2. The van der Waals surface area contributed by atoms with Crippen molar-refractivity contribution in [2.24, 2.45) is 11.3 Å². The van der Waals surface area contributed by atoms with Crippen LogP contribution in [0.3, 0.4) is 0 Å². The number of carbonyl (C=O) groups is 1. The standard InChI is InChI=1S/C23H23ClN2O/c1-14-11-15(12-25)3-8-18(14)19-9-10-23(2)20(13-26-22(23)27)21(19)16-4-6-17(24)7-5-16/h3-8,11,19-21H,9-10,13H2,1-2H3,(H,26,27)/t19-,20-,21-,23+/m0/s1. The van der Waals surface area contributed by atoms with Gasteiger partial charge in [0.05, 0.1) is 17.0 Å². The van der Waals surface area contributed by atoms with Gasteiger partial charge in [0.25, 0.3) is 0 Å². The molecular weight excluding hydrogens is 356 g/mol. The molecule has 4 atom stereocenters. The van der Waals surface area contributed by atoms with E-state index in [1.54, 1.807) is 0 Å². The lowest BCUT2D eigenvalue weighted by Crippen LogP contribution is -2.41. The highest BCUT2D eigenvalue weighted by molar-refractivity contribution is 6.30. The van der Waals surface area contributed by atoms with Gasteiger partial charge in [0, 0.05) is 11.6 Å². The summed E-state index contributed by atoms with van der Waals surface area (Å²) < 4.78 is 0. The number of hydrogen-bond acceptors (Lipinski definition) is 2. The molecule has 0 unspecified atom stereocenters. The summed E-state index contributed by atoms with van der Waals surface area (Å²) >= 11 is 6.13. The largest absolute Gasteiger partial charge is 0.355 e. The summed E-state index contributed by atoms with van der Waals surface area (Å²) in [6.45, 7) is 4.92. The first-order chi connectivity index (χ1) is 12.9. The molecule has 1 saturated heterocycles. The average molecular weight is 379 g/mol. The Labute approximate surface area is 165 Å². The van der Waals surface area contributed by atoms with Gasteiger partial charge in [-0.2, -0.15) is 5.26 Å². The van der Waals surface area contributed by atoms with Crippen LogP contribution in [0.2, 0.25) is 5.02 Å². The van der Waals surface area contributed by atoms with Crippen LogP contribution in [0.1, 0.15) is 53.9 Å². The molecule has 2 aromatic carbocycles. The average Bonchev–Trinajstić information content (AvgIpc) is 2.97. The number of nitrogens with zero attached hydrogens (tertiary/aromatic N) is 1. The van der Waals surface area contributed by atoms with Crippen LogP contribution in [-0.2, 0) is 4.79 Å². The van der Waals surface area contributed by atoms with E-state index >= 15 is 0 Å². The molecule has 138 valence electrons. The van der Waals surface area contributed by atoms with E-state index in [2.05, 4.69) is 43.4 Å². The fourth-order valence-electron chi connectivity index (χ4n) is 5.20. The summed E-state index contributed by atoms with van der Waals surface area (Å²) in [4.78, 5) is 12.6. The Morgan fingerprint density at radius 3 is 2.63 bits per heavy atom. The second kappa shape index (κ2) is 6.69. The fraction of sp³-hybridized carbons (Fsp3) is 0.391. The highest BCUT2D eigenvalue weighted by Gasteiger charge is 2.54. The summed E-state index contributed by atoms with van der Waals surface area (Å²) in [5, 5.41) is 13.0. The number of fused-ring (bicyclic) bond motifs is 1.